The normalized spacial score (nSPS) is 24.9. The Hall–Kier alpha value is -3.98. The van der Waals surface area contributed by atoms with Crippen molar-refractivity contribution in [3.63, 3.8) is 0 Å². The zero-order valence-corrected chi connectivity index (χ0v) is 23.6. The summed E-state index contributed by atoms with van der Waals surface area (Å²) >= 11 is 0. The summed E-state index contributed by atoms with van der Waals surface area (Å²) in [5.74, 6) is -1.20. The Kier molecular flexibility index (Phi) is 8.11. The first-order valence-electron chi connectivity index (χ1n) is 15.1. The molecule has 42 heavy (non-hydrogen) atoms. The van der Waals surface area contributed by atoms with E-state index in [4.69, 9.17) is 0 Å². The first-order chi connectivity index (χ1) is 20.4. The molecule has 6 atom stereocenters. The zero-order chi connectivity index (χ0) is 29.2. The van der Waals surface area contributed by atoms with Crippen LogP contribution in [0.4, 0.5) is 0 Å². The Morgan fingerprint density at radius 3 is 2.55 bits per heavy atom. The van der Waals surface area contributed by atoms with Crippen molar-refractivity contribution in [3.8, 4) is 0 Å². The number of para-hydroxylation sites is 1. The molecule has 1 aromatic heterocycles. The molecule has 3 amide bonds. The third-order valence-corrected chi connectivity index (χ3v) is 9.44. The largest absolute Gasteiger partial charge is 0.381 e. The van der Waals surface area contributed by atoms with Gasteiger partial charge in [-0.2, -0.15) is 0 Å². The van der Waals surface area contributed by atoms with Gasteiger partial charge in [0.15, 0.2) is 6.10 Å². The molecule has 3 aliphatic rings. The van der Waals surface area contributed by atoms with Gasteiger partial charge in [0.05, 0.1) is 6.04 Å². The molecule has 1 saturated heterocycles. The maximum atomic E-state index is 14.0. The van der Waals surface area contributed by atoms with Gasteiger partial charge in [-0.1, -0.05) is 55.0 Å². The summed E-state index contributed by atoms with van der Waals surface area (Å²) in [6, 6.07) is 17.2. The van der Waals surface area contributed by atoms with Gasteiger partial charge in [-0.05, 0) is 61.6 Å². The highest BCUT2D eigenvalue weighted by Crippen LogP contribution is 2.43. The average Bonchev–Trinajstić information content (AvgIpc) is 3.79. The van der Waals surface area contributed by atoms with E-state index in [9.17, 15) is 24.3 Å². The topological polar surface area (TPSA) is 132 Å². The second-order valence-electron chi connectivity index (χ2n) is 12.1. The number of hydrogen-bond acceptors (Lipinski definition) is 5. The van der Waals surface area contributed by atoms with Crippen molar-refractivity contribution in [2.45, 2.75) is 69.7 Å². The van der Waals surface area contributed by atoms with Crippen molar-refractivity contribution in [2.75, 3.05) is 6.54 Å². The van der Waals surface area contributed by atoms with E-state index < -0.39 is 24.1 Å². The lowest BCUT2D eigenvalue weighted by Crippen LogP contribution is -2.56. The molecule has 2 saturated carbocycles. The minimum absolute atomic E-state index is 0.0103. The molecule has 1 aliphatic heterocycles. The number of aromatic amines is 1. The van der Waals surface area contributed by atoms with Gasteiger partial charge in [0.1, 0.15) is 17.5 Å². The Morgan fingerprint density at radius 1 is 1.00 bits per heavy atom. The Balaban J connectivity index is 1.21. The van der Waals surface area contributed by atoms with E-state index in [0.717, 1.165) is 42.1 Å². The van der Waals surface area contributed by atoms with Gasteiger partial charge in [-0.3, -0.25) is 19.2 Å². The van der Waals surface area contributed by atoms with Gasteiger partial charge < -0.3 is 25.6 Å². The molecule has 2 heterocycles. The van der Waals surface area contributed by atoms with Crippen molar-refractivity contribution < 1.29 is 24.3 Å². The third-order valence-electron chi connectivity index (χ3n) is 9.44. The smallest absolute Gasteiger partial charge is 0.271 e. The molecule has 0 radical (unpaired) electrons. The number of benzene rings is 2. The van der Waals surface area contributed by atoms with E-state index in [1.807, 2.05) is 60.7 Å². The number of likely N-dealkylation sites (tertiary alicyclic amines) is 1. The molecule has 3 aromatic rings. The number of ketones is 1. The lowest BCUT2D eigenvalue weighted by molar-refractivity contribution is -0.135. The number of hydrogen-bond donors (Lipinski definition) is 4. The van der Waals surface area contributed by atoms with E-state index in [2.05, 4.69) is 15.6 Å². The predicted octanol–water partition coefficient (Wildman–Crippen LogP) is 3.33. The van der Waals surface area contributed by atoms with Gasteiger partial charge >= 0.3 is 0 Å². The predicted molar refractivity (Wildman–Crippen MR) is 157 cm³/mol. The van der Waals surface area contributed by atoms with Crippen molar-refractivity contribution >= 4 is 34.4 Å². The van der Waals surface area contributed by atoms with Crippen LogP contribution < -0.4 is 10.6 Å². The lowest BCUT2D eigenvalue weighted by atomic mass is 9.91. The van der Waals surface area contributed by atoms with Gasteiger partial charge in [0, 0.05) is 36.3 Å². The highest BCUT2D eigenvalue weighted by Gasteiger charge is 2.50. The molecule has 3 fully saturated rings. The molecule has 4 N–H and O–H groups in total. The van der Waals surface area contributed by atoms with Gasteiger partial charge in [-0.25, -0.2) is 0 Å². The Labute approximate surface area is 245 Å². The maximum absolute atomic E-state index is 14.0. The van der Waals surface area contributed by atoms with Crippen LogP contribution >= 0.6 is 0 Å². The summed E-state index contributed by atoms with van der Waals surface area (Å²) in [6.45, 7) is 0.724. The maximum Gasteiger partial charge on any atom is 0.271 e. The van der Waals surface area contributed by atoms with Crippen LogP contribution in [0.5, 0.6) is 0 Å². The summed E-state index contributed by atoms with van der Waals surface area (Å²) in [6.07, 6.45) is 3.34. The number of amides is 3. The number of Topliss-reactive ketones (excluding diaryl/α,β-unsaturated/α-hetero) is 1. The van der Waals surface area contributed by atoms with Crippen LogP contribution in [-0.4, -0.2) is 63.2 Å². The highest BCUT2D eigenvalue weighted by atomic mass is 16.3. The van der Waals surface area contributed by atoms with Crippen LogP contribution in [0, 0.1) is 17.8 Å². The molecule has 0 spiro atoms. The van der Waals surface area contributed by atoms with Gasteiger partial charge in [-0.15, -0.1) is 0 Å². The fourth-order valence-electron chi connectivity index (χ4n) is 7.24. The third kappa shape index (κ3) is 5.70. The summed E-state index contributed by atoms with van der Waals surface area (Å²) in [5.41, 5.74) is 2.17. The van der Waals surface area contributed by atoms with Crippen molar-refractivity contribution in [1.29, 1.82) is 0 Å². The Morgan fingerprint density at radius 2 is 1.79 bits per heavy atom. The number of fused-ring (bicyclic) bond motifs is 2. The number of aliphatic hydroxyl groups excluding tert-OH is 1. The fraction of sp³-hybridized carbons (Fsp3) is 0.455. The molecule has 2 aromatic carbocycles. The minimum atomic E-state index is -1.54. The number of aromatic nitrogens is 1. The van der Waals surface area contributed by atoms with Gasteiger partial charge in [0.25, 0.3) is 11.8 Å². The van der Waals surface area contributed by atoms with Crippen LogP contribution in [0.3, 0.4) is 0 Å². The summed E-state index contributed by atoms with van der Waals surface area (Å²) < 4.78 is 0. The second kappa shape index (κ2) is 12.1. The monoisotopic (exact) mass is 570 g/mol. The molecule has 9 nitrogen and oxygen atoms in total. The van der Waals surface area contributed by atoms with E-state index in [-0.39, 0.29) is 48.3 Å². The van der Waals surface area contributed by atoms with Crippen LogP contribution in [0.2, 0.25) is 0 Å². The quantitative estimate of drug-likeness (QED) is 0.313. The summed E-state index contributed by atoms with van der Waals surface area (Å²) in [4.78, 5) is 58.3. The van der Waals surface area contributed by atoms with Crippen LogP contribution in [-0.2, 0) is 20.9 Å². The summed E-state index contributed by atoms with van der Waals surface area (Å²) in [5, 5.41) is 17.8. The molecule has 220 valence electrons. The van der Waals surface area contributed by atoms with Crippen molar-refractivity contribution in [1.82, 2.24) is 20.5 Å². The number of nitrogens with zero attached hydrogens (tertiary/aromatic N) is 1. The van der Waals surface area contributed by atoms with Crippen LogP contribution in [0.1, 0.15) is 61.0 Å². The first kappa shape index (κ1) is 28.2. The summed E-state index contributed by atoms with van der Waals surface area (Å²) in [7, 11) is 0. The van der Waals surface area contributed by atoms with E-state index >= 15 is 0 Å². The average molecular weight is 571 g/mol. The van der Waals surface area contributed by atoms with Crippen molar-refractivity contribution in [3.05, 3.63) is 71.9 Å². The first-order valence-corrected chi connectivity index (χ1v) is 15.1. The number of carbonyl (C=O) groups is 4. The number of rotatable bonds is 9. The lowest BCUT2D eigenvalue weighted by Gasteiger charge is -2.31. The molecule has 6 rings (SSSR count). The number of H-pyrrole nitrogens is 1. The molecule has 1 unspecified atom stereocenters. The number of carbonyl (C=O) groups excluding carboxylic acids is 4. The molecule has 9 heteroatoms. The van der Waals surface area contributed by atoms with Crippen LogP contribution in [0.25, 0.3) is 10.9 Å². The SMILES string of the molecule is O=C(NCc1ccccc1)C(O)[C@H](C[C@@H]1CCCC1=O)NC(=O)[C@@H]1[C@H]2CCC[C@H]2CN1C(=O)c1cc2ccccc2[nH]1. The fourth-order valence-corrected chi connectivity index (χ4v) is 7.24. The van der Waals surface area contributed by atoms with E-state index in [1.54, 1.807) is 4.90 Å². The van der Waals surface area contributed by atoms with E-state index in [0.29, 0.717) is 25.1 Å². The van der Waals surface area contributed by atoms with Crippen molar-refractivity contribution in [2.24, 2.45) is 17.8 Å². The zero-order valence-electron chi connectivity index (χ0n) is 23.6. The second-order valence-corrected chi connectivity index (χ2v) is 12.1. The molecular formula is C33H38N4O5. The number of aliphatic hydroxyl groups is 1. The standard InChI is InChI=1S/C33H38N4O5/c38-28-15-7-11-22(28)17-26(30(39)32(41)34-18-20-8-2-1-3-9-20)36-31(40)29-24-13-6-12-23(24)19-37(29)33(42)27-16-21-10-4-5-14-25(21)35-27/h1-5,8-10,14,16,22-24,26,29-30,35,39H,6-7,11-13,15,17-19H2,(H,34,41)(H,36,40)/t22-,23-,24-,26-,29-,30?/m0/s1. The van der Waals surface area contributed by atoms with Gasteiger partial charge in [0.2, 0.25) is 5.91 Å². The van der Waals surface area contributed by atoms with Crippen LogP contribution in [0.15, 0.2) is 60.7 Å². The minimum Gasteiger partial charge on any atom is -0.381 e. The highest BCUT2D eigenvalue weighted by molar-refractivity contribution is 6.01. The molecular weight excluding hydrogens is 532 g/mol. The number of nitrogens with one attached hydrogen (secondary N) is 3. The van der Waals surface area contributed by atoms with E-state index in [1.165, 1.54) is 0 Å². The molecule has 2 aliphatic carbocycles. The molecule has 0 bridgehead atoms. The Bertz CT molecular complexity index is 1440.